The second-order valence-corrected chi connectivity index (χ2v) is 6.22. The highest BCUT2D eigenvalue weighted by Crippen LogP contribution is 2.22. The zero-order chi connectivity index (χ0) is 17.0. The van der Waals surface area contributed by atoms with Crippen molar-refractivity contribution in [3.8, 4) is 0 Å². The van der Waals surface area contributed by atoms with Gasteiger partial charge in [-0.3, -0.25) is 8.37 Å². The van der Waals surface area contributed by atoms with E-state index in [-0.39, 0.29) is 24.0 Å². The summed E-state index contributed by atoms with van der Waals surface area (Å²) in [6, 6.07) is 0. The highest BCUT2D eigenvalue weighted by molar-refractivity contribution is 7.75. The predicted octanol–water partition coefficient (Wildman–Crippen LogP) is 4.91. The van der Waals surface area contributed by atoms with Gasteiger partial charge in [-0.1, -0.05) is 24.3 Å². The van der Waals surface area contributed by atoms with Crippen LogP contribution in [0.3, 0.4) is 0 Å². The molecule has 0 heterocycles. The number of rotatable bonds is 14. The number of allylic oxidation sites excluding steroid dienone is 4. The van der Waals surface area contributed by atoms with Crippen LogP contribution in [0, 0.1) is 11.8 Å². The van der Waals surface area contributed by atoms with Gasteiger partial charge in [0.05, 0.1) is 12.2 Å². The van der Waals surface area contributed by atoms with Crippen LogP contribution < -0.4 is 0 Å². The van der Waals surface area contributed by atoms with Crippen LogP contribution in [0.4, 0.5) is 0 Å². The fourth-order valence-corrected chi connectivity index (χ4v) is 3.10. The van der Waals surface area contributed by atoms with Crippen LogP contribution in [0.5, 0.6) is 0 Å². The van der Waals surface area contributed by atoms with Gasteiger partial charge in [0.25, 0.3) is 0 Å². The summed E-state index contributed by atoms with van der Waals surface area (Å²) >= 11 is -1.77. The van der Waals surface area contributed by atoms with Crippen LogP contribution in [-0.4, -0.2) is 16.4 Å². The SMILES string of the molecule is C=CCC(CC=C)C(C)OS(=O)OC(C)C(CC=C)CC=C. The Bertz CT molecular complexity index is 325. The van der Waals surface area contributed by atoms with E-state index < -0.39 is 11.4 Å². The molecule has 0 bridgehead atoms. The van der Waals surface area contributed by atoms with Crippen molar-refractivity contribution in [1.82, 2.24) is 0 Å². The molecule has 2 unspecified atom stereocenters. The van der Waals surface area contributed by atoms with Crippen molar-refractivity contribution in [1.29, 1.82) is 0 Å². The van der Waals surface area contributed by atoms with E-state index in [1.165, 1.54) is 0 Å². The van der Waals surface area contributed by atoms with E-state index in [2.05, 4.69) is 26.3 Å². The lowest BCUT2D eigenvalue weighted by Gasteiger charge is -2.24. The van der Waals surface area contributed by atoms with E-state index >= 15 is 0 Å². The Balaban J connectivity index is 4.50. The molecule has 0 saturated heterocycles. The van der Waals surface area contributed by atoms with E-state index in [1.807, 2.05) is 38.2 Å². The largest absolute Gasteiger partial charge is 0.305 e. The van der Waals surface area contributed by atoms with Crippen LogP contribution in [0.2, 0.25) is 0 Å². The molecular weight excluding hydrogens is 296 g/mol. The van der Waals surface area contributed by atoms with Gasteiger partial charge in [0.15, 0.2) is 0 Å². The molecule has 0 aromatic heterocycles. The smallest absolute Gasteiger partial charge is 0.265 e. The molecule has 0 amide bonds. The molecule has 126 valence electrons. The van der Waals surface area contributed by atoms with Gasteiger partial charge in [-0.25, -0.2) is 0 Å². The fraction of sp³-hybridized carbons (Fsp3) is 0.556. The van der Waals surface area contributed by atoms with Gasteiger partial charge in [-0.05, 0) is 51.4 Å². The molecule has 0 fully saturated rings. The van der Waals surface area contributed by atoms with Crippen LogP contribution >= 0.6 is 0 Å². The van der Waals surface area contributed by atoms with Crippen LogP contribution in [0.1, 0.15) is 39.5 Å². The predicted molar refractivity (Wildman–Crippen MR) is 95.5 cm³/mol. The second kappa shape index (κ2) is 12.6. The lowest BCUT2D eigenvalue weighted by molar-refractivity contribution is 0.105. The summed E-state index contributed by atoms with van der Waals surface area (Å²) in [5.74, 6) is 0.407. The van der Waals surface area contributed by atoms with E-state index in [1.54, 1.807) is 0 Å². The Morgan fingerprint density at radius 2 is 1.05 bits per heavy atom. The first kappa shape index (κ1) is 21.0. The van der Waals surface area contributed by atoms with Gasteiger partial charge in [-0.15, -0.1) is 26.3 Å². The Morgan fingerprint density at radius 3 is 1.27 bits per heavy atom. The van der Waals surface area contributed by atoms with Gasteiger partial charge in [0.1, 0.15) is 0 Å². The molecule has 0 rings (SSSR count). The topological polar surface area (TPSA) is 35.5 Å². The van der Waals surface area contributed by atoms with Gasteiger partial charge in [-0.2, -0.15) is 4.21 Å². The molecule has 3 nitrogen and oxygen atoms in total. The van der Waals surface area contributed by atoms with Gasteiger partial charge < -0.3 is 0 Å². The Kier molecular flexibility index (Phi) is 12.0. The molecule has 0 saturated carbocycles. The Hall–Kier alpha value is -0.970. The minimum absolute atomic E-state index is 0.193. The van der Waals surface area contributed by atoms with Gasteiger partial charge in [0, 0.05) is 0 Å². The third-order valence-electron chi connectivity index (χ3n) is 3.67. The molecule has 0 aromatic carbocycles. The van der Waals surface area contributed by atoms with Crippen molar-refractivity contribution in [2.45, 2.75) is 51.7 Å². The third kappa shape index (κ3) is 8.47. The number of hydrogen-bond donors (Lipinski definition) is 0. The van der Waals surface area contributed by atoms with E-state index in [0.717, 1.165) is 25.7 Å². The Morgan fingerprint density at radius 1 is 0.773 bits per heavy atom. The van der Waals surface area contributed by atoms with E-state index in [4.69, 9.17) is 8.37 Å². The molecule has 0 aliphatic rings. The molecule has 0 aliphatic carbocycles. The standard InChI is InChI=1S/C18H30O3S/c1-7-11-17(12-8-2)15(5)20-22(19)21-16(6)18(13-9-3)14-10-4/h7-10,15-18H,1-4,11-14H2,5-6H3. The highest BCUT2D eigenvalue weighted by Gasteiger charge is 2.22. The first-order chi connectivity index (χ1) is 10.5. The Labute approximate surface area is 138 Å². The van der Waals surface area contributed by atoms with Crippen LogP contribution in [0.15, 0.2) is 50.6 Å². The summed E-state index contributed by atoms with van der Waals surface area (Å²) in [5.41, 5.74) is 0. The van der Waals surface area contributed by atoms with Crippen molar-refractivity contribution >= 4 is 11.4 Å². The van der Waals surface area contributed by atoms with Crippen LogP contribution in [-0.2, 0) is 19.7 Å². The maximum Gasteiger partial charge on any atom is 0.305 e. The van der Waals surface area contributed by atoms with Crippen molar-refractivity contribution in [2.75, 3.05) is 0 Å². The number of hydrogen-bond acceptors (Lipinski definition) is 3. The maximum atomic E-state index is 12.1. The normalized spacial score (nSPS) is 15.3. The molecule has 0 aliphatic heterocycles. The third-order valence-corrected chi connectivity index (χ3v) is 4.59. The first-order valence-corrected chi connectivity index (χ1v) is 8.69. The summed E-state index contributed by atoms with van der Waals surface area (Å²) in [6.07, 6.45) is 10.1. The molecule has 0 spiro atoms. The zero-order valence-corrected chi connectivity index (χ0v) is 14.7. The van der Waals surface area contributed by atoms with Crippen molar-refractivity contribution < 1.29 is 12.6 Å². The summed E-state index contributed by atoms with van der Waals surface area (Å²) < 4.78 is 23.0. The van der Waals surface area contributed by atoms with Crippen LogP contribution in [0.25, 0.3) is 0 Å². The summed E-state index contributed by atoms with van der Waals surface area (Å²) in [5, 5.41) is 0. The van der Waals surface area contributed by atoms with Crippen molar-refractivity contribution in [2.24, 2.45) is 11.8 Å². The minimum atomic E-state index is -1.77. The van der Waals surface area contributed by atoms with Crippen molar-refractivity contribution in [3.05, 3.63) is 50.6 Å². The lowest BCUT2D eigenvalue weighted by Crippen LogP contribution is -2.26. The summed E-state index contributed by atoms with van der Waals surface area (Å²) in [4.78, 5) is 0. The molecular formula is C18H30O3S. The first-order valence-electron chi connectivity index (χ1n) is 7.69. The van der Waals surface area contributed by atoms with E-state index in [0.29, 0.717) is 0 Å². The summed E-state index contributed by atoms with van der Waals surface area (Å²) in [6.45, 7) is 18.8. The molecule has 4 heteroatoms. The zero-order valence-electron chi connectivity index (χ0n) is 13.9. The average Bonchev–Trinajstić information content (AvgIpc) is 2.46. The molecule has 0 aromatic rings. The quantitative estimate of drug-likeness (QED) is 0.425. The molecule has 0 N–H and O–H groups in total. The fourth-order valence-electron chi connectivity index (χ4n) is 2.24. The molecule has 2 atom stereocenters. The second-order valence-electron chi connectivity index (χ2n) is 5.42. The van der Waals surface area contributed by atoms with Gasteiger partial charge in [0.2, 0.25) is 0 Å². The minimum Gasteiger partial charge on any atom is -0.265 e. The van der Waals surface area contributed by atoms with Gasteiger partial charge >= 0.3 is 11.4 Å². The monoisotopic (exact) mass is 326 g/mol. The maximum absolute atomic E-state index is 12.1. The molecule has 0 radical (unpaired) electrons. The highest BCUT2D eigenvalue weighted by atomic mass is 32.2. The summed E-state index contributed by atoms with van der Waals surface area (Å²) in [7, 11) is 0. The van der Waals surface area contributed by atoms with E-state index in [9.17, 15) is 4.21 Å². The average molecular weight is 327 g/mol. The van der Waals surface area contributed by atoms with Crippen molar-refractivity contribution in [3.63, 3.8) is 0 Å². The molecule has 22 heavy (non-hydrogen) atoms. The lowest BCUT2D eigenvalue weighted by atomic mass is 9.96.